The molecule has 0 aromatic heterocycles. The van der Waals surface area contributed by atoms with Crippen molar-refractivity contribution in [1.29, 1.82) is 0 Å². The van der Waals surface area contributed by atoms with Crippen LogP contribution < -0.4 is 20.1 Å². The van der Waals surface area contributed by atoms with Gasteiger partial charge in [0.2, 0.25) is 5.91 Å². The Morgan fingerprint density at radius 2 is 1.48 bits per heavy atom. The highest BCUT2D eigenvalue weighted by molar-refractivity contribution is 6.13. The van der Waals surface area contributed by atoms with Gasteiger partial charge in [-0.2, -0.15) is 0 Å². The summed E-state index contributed by atoms with van der Waals surface area (Å²) in [6, 6.07) is 16.5. The summed E-state index contributed by atoms with van der Waals surface area (Å²) >= 11 is 0. The quantitative estimate of drug-likeness (QED) is 0.652. The average molecular weight is 390 g/mol. The highest BCUT2D eigenvalue weighted by Crippen LogP contribution is 2.32. The van der Waals surface area contributed by atoms with Crippen LogP contribution in [0.2, 0.25) is 0 Å². The topological polar surface area (TPSA) is 76.7 Å². The molecule has 1 aliphatic carbocycles. The standard InChI is InChI=1S/C23H22N2O4/c1-28-18-11-17(12-19(13-18)29-2)24-23(27)20-9-15-5-3-4-6-16(15)10-21(20)25-22(26)14-7-8-14/h3-6,9-14H,7-8H2,1-2H3,(H,24,27)(H,25,26). The molecule has 6 nitrogen and oxygen atoms in total. The van der Waals surface area contributed by atoms with E-state index in [1.807, 2.05) is 30.3 Å². The molecule has 0 heterocycles. The van der Waals surface area contributed by atoms with Crippen LogP contribution in [0.5, 0.6) is 11.5 Å². The zero-order valence-electron chi connectivity index (χ0n) is 16.3. The van der Waals surface area contributed by atoms with Gasteiger partial charge in [-0.05, 0) is 35.7 Å². The summed E-state index contributed by atoms with van der Waals surface area (Å²) in [7, 11) is 3.10. The minimum absolute atomic E-state index is 0.0417. The van der Waals surface area contributed by atoms with Crippen LogP contribution in [0.4, 0.5) is 11.4 Å². The number of carbonyl (C=O) groups is 2. The lowest BCUT2D eigenvalue weighted by Gasteiger charge is -2.14. The van der Waals surface area contributed by atoms with Crippen molar-refractivity contribution in [2.24, 2.45) is 5.92 Å². The number of rotatable bonds is 6. The summed E-state index contributed by atoms with van der Waals surface area (Å²) < 4.78 is 10.5. The van der Waals surface area contributed by atoms with Gasteiger partial charge in [0.25, 0.3) is 5.91 Å². The Labute approximate surface area is 168 Å². The van der Waals surface area contributed by atoms with Gasteiger partial charge >= 0.3 is 0 Å². The molecule has 4 rings (SSSR count). The Hall–Kier alpha value is -3.54. The molecule has 2 amide bonds. The lowest BCUT2D eigenvalue weighted by Crippen LogP contribution is -2.19. The summed E-state index contributed by atoms with van der Waals surface area (Å²) in [5.74, 6) is 0.815. The summed E-state index contributed by atoms with van der Waals surface area (Å²) in [5.41, 5.74) is 1.45. The summed E-state index contributed by atoms with van der Waals surface area (Å²) in [4.78, 5) is 25.4. The lowest BCUT2D eigenvalue weighted by molar-refractivity contribution is -0.117. The largest absolute Gasteiger partial charge is 0.497 e. The molecule has 0 unspecified atom stereocenters. The predicted octanol–water partition coefficient (Wildman–Crippen LogP) is 4.46. The van der Waals surface area contributed by atoms with Crippen LogP contribution in [0.3, 0.4) is 0 Å². The summed E-state index contributed by atoms with van der Waals surface area (Å²) in [6.07, 6.45) is 1.79. The maximum Gasteiger partial charge on any atom is 0.257 e. The minimum Gasteiger partial charge on any atom is -0.497 e. The lowest BCUT2D eigenvalue weighted by atomic mass is 10.0. The first kappa shape index (κ1) is 18.8. The molecule has 1 aliphatic rings. The zero-order valence-corrected chi connectivity index (χ0v) is 16.3. The molecule has 3 aromatic rings. The van der Waals surface area contributed by atoms with E-state index in [-0.39, 0.29) is 17.7 Å². The normalized spacial score (nSPS) is 13.0. The fourth-order valence-electron chi connectivity index (χ4n) is 3.19. The first-order chi connectivity index (χ1) is 14.1. The van der Waals surface area contributed by atoms with Crippen molar-refractivity contribution >= 4 is 34.0 Å². The number of ether oxygens (including phenoxy) is 2. The Bertz CT molecular complexity index is 1070. The second kappa shape index (κ2) is 7.83. The van der Waals surface area contributed by atoms with Gasteiger partial charge in [0, 0.05) is 29.8 Å². The first-order valence-electron chi connectivity index (χ1n) is 9.45. The third kappa shape index (κ3) is 4.16. The smallest absolute Gasteiger partial charge is 0.257 e. The Kier molecular flexibility index (Phi) is 5.08. The third-order valence-electron chi connectivity index (χ3n) is 4.95. The molecule has 2 N–H and O–H groups in total. The van der Waals surface area contributed by atoms with Crippen LogP contribution in [0, 0.1) is 5.92 Å². The van der Waals surface area contributed by atoms with Gasteiger partial charge in [-0.25, -0.2) is 0 Å². The first-order valence-corrected chi connectivity index (χ1v) is 9.45. The SMILES string of the molecule is COc1cc(NC(=O)c2cc3ccccc3cc2NC(=O)C2CC2)cc(OC)c1. The zero-order chi connectivity index (χ0) is 20.4. The van der Waals surface area contributed by atoms with Gasteiger partial charge in [0.15, 0.2) is 0 Å². The molecule has 0 atom stereocenters. The molecule has 0 radical (unpaired) electrons. The summed E-state index contributed by atoms with van der Waals surface area (Å²) in [5, 5.41) is 7.69. The number of hydrogen-bond donors (Lipinski definition) is 2. The van der Waals surface area contributed by atoms with E-state index in [4.69, 9.17) is 9.47 Å². The van der Waals surface area contributed by atoms with Crippen molar-refractivity contribution < 1.29 is 19.1 Å². The number of fused-ring (bicyclic) bond motifs is 1. The fourth-order valence-corrected chi connectivity index (χ4v) is 3.19. The number of hydrogen-bond acceptors (Lipinski definition) is 4. The number of nitrogens with one attached hydrogen (secondary N) is 2. The minimum atomic E-state index is -0.322. The van der Waals surface area contributed by atoms with Gasteiger partial charge in [0.05, 0.1) is 25.5 Å². The van der Waals surface area contributed by atoms with Gasteiger partial charge in [0.1, 0.15) is 11.5 Å². The van der Waals surface area contributed by atoms with Crippen LogP contribution in [-0.4, -0.2) is 26.0 Å². The van der Waals surface area contributed by atoms with E-state index in [1.165, 1.54) is 0 Å². The number of methoxy groups -OCH3 is 2. The fraction of sp³-hybridized carbons (Fsp3) is 0.217. The molecule has 1 saturated carbocycles. The number of benzene rings is 3. The predicted molar refractivity (Wildman–Crippen MR) is 113 cm³/mol. The van der Waals surface area contributed by atoms with Gasteiger partial charge in [-0.1, -0.05) is 24.3 Å². The molecule has 3 aromatic carbocycles. The van der Waals surface area contributed by atoms with Crippen molar-refractivity contribution in [3.63, 3.8) is 0 Å². The van der Waals surface area contributed by atoms with E-state index in [9.17, 15) is 9.59 Å². The van der Waals surface area contributed by atoms with Crippen LogP contribution >= 0.6 is 0 Å². The van der Waals surface area contributed by atoms with Gasteiger partial charge in [-0.15, -0.1) is 0 Å². The molecule has 0 saturated heterocycles. The maximum atomic E-state index is 13.1. The van der Waals surface area contributed by atoms with Crippen molar-refractivity contribution in [2.45, 2.75) is 12.8 Å². The van der Waals surface area contributed by atoms with Crippen LogP contribution in [0.1, 0.15) is 23.2 Å². The summed E-state index contributed by atoms with van der Waals surface area (Å²) in [6.45, 7) is 0. The average Bonchev–Trinajstić information content (AvgIpc) is 3.58. The Balaban J connectivity index is 1.69. The number of carbonyl (C=O) groups excluding carboxylic acids is 2. The number of anilines is 2. The molecule has 0 bridgehead atoms. The van der Waals surface area contributed by atoms with E-state index in [2.05, 4.69) is 10.6 Å². The second-order valence-electron chi connectivity index (χ2n) is 7.06. The van der Waals surface area contributed by atoms with Crippen LogP contribution in [0.25, 0.3) is 10.8 Å². The van der Waals surface area contributed by atoms with E-state index in [1.54, 1.807) is 38.5 Å². The molecule has 1 fully saturated rings. The third-order valence-corrected chi connectivity index (χ3v) is 4.95. The van der Waals surface area contributed by atoms with Crippen molar-refractivity contribution in [3.8, 4) is 11.5 Å². The molecular formula is C23H22N2O4. The van der Waals surface area contributed by atoms with Crippen molar-refractivity contribution in [3.05, 3.63) is 60.2 Å². The van der Waals surface area contributed by atoms with Crippen LogP contribution in [-0.2, 0) is 4.79 Å². The monoisotopic (exact) mass is 390 g/mol. The van der Waals surface area contributed by atoms with Gasteiger partial charge in [-0.3, -0.25) is 9.59 Å². The van der Waals surface area contributed by atoms with E-state index < -0.39 is 0 Å². The molecule has 148 valence electrons. The van der Waals surface area contributed by atoms with Crippen molar-refractivity contribution in [1.82, 2.24) is 0 Å². The highest BCUT2D eigenvalue weighted by atomic mass is 16.5. The Morgan fingerprint density at radius 3 is 2.07 bits per heavy atom. The molecule has 0 spiro atoms. The van der Waals surface area contributed by atoms with E-state index in [0.717, 1.165) is 23.6 Å². The number of amides is 2. The highest BCUT2D eigenvalue weighted by Gasteiger charge is 2.30. The maximum absolute atomic E-state index is 13.1. The molecule has 0 aliphatic heterocycles. The molecule has 29 heavy (non-hydrogen) atoms. The van der Waals surface area contributed by atoms with Crippen LogP contribution in [0.15, 0.2) is 54.6 Å². The second-order valence-corrected chi connectivity index (χ2v) is 7.06. The van der Waals surface area contributed by atoms with E-state index in [0.29, 0.717) is 28.4 Å². The van der Waals surface area contributed by atoms with E-state index >= 15 is 0 Å². The molecule has 6 heteroatoms. The van der Waals surface area contributed by atoms with Crippen molar-refractivity contribution in [2.75, 3.05) is 24.9 Å². The Morgan fingerprint density at radius 1 is 0.862 bits per heavy atom. The van der Waals surface area contributed by atoms with Gasteiger partial charge < -0.3 is 20.1 Å². The molecular weight excluding hydrogens is 368 g/mol.